The Balaban J connectivity index is 1.65. The molecule has 148 valence electrons. The summed E-state index contributed by atoms with van der Waals surface area (Å²) < 4.78 is 10.8. The average Bonchev–Trinajstić information content (AvgIpc) is 2.97. The Kier molecular flexibility index (Phi) is 5.73. The molecule has 1 aliphatic carbocycles. The van der Waals surface area contributed by atoms with Gasteiger partial charge in [0, 0.05) is 5.92 Å². The zero-order valence-electron chi connectivity index (χ0n) is 16.8. The second kappa shape index (κ2) is 8.05. The van der Waals surface area contributed by atoms with Crippen LogP contribution in [0.25, 0.3) is 11.1 Å². The summed E-state index contributed by atoms with van der Waals surface area (Å²) in [6.45, 7) is 7.42. The summed E-state index contributed by atoms with van der Waals surface area (Å²) in [5.74, 6) is -0.469. The Hall–Kier alpha value is -2.82. The Morgan fingerprint density at radius 1 is 1.00 bits per heavy atom. The number of ether oxygens (including phenoxy) is 2. The summed E-state index contributed by atoms with van der Waals surface area (Å²) >= 11 is 0. The molecule has 2 aromatic rings. The number of hydrogen-bond donors (Lipinski definition) is 1. The molecular weight excluding hydrogens is 354 g/mol. The molecule has 1 unspecified atom stereocenters. The molecule has 0 fully saturated rings. The monoisotopic (exact) mass is 381 g/mol. The molecule has 0 saturated heterocycles. The SMILES string of the molecule is CCC(NC(=O)OCC1c2ccccc2-c2ccccc21)C(=O)OC(C)(C)C. The molecule has 5 nitrogen and oxygen atoms in total. The van der Waals surface area contributed by atoms with Crippen LogP contribution in [0.15, 0.2) is 48.5 Å². The van der Waals surface area contributed by atoms with Crippen molar-refractivity contribution in [3.8, 4) is 11.1 Å². The molecule has 0 saturated carbocycles. The first kappa shape index (κ1) is 19.9. The first-order valence-corrected chi connectivity index (χ1v) is 9.64. The van der Waals surface area contributed by atoms with Crippen molar-refractivity contribution in [1.29, 1.82) is 0 Å². The van der Waals surface area contributed by atoms with Crippen LogP contribution in [0.1, 0.15) is 51.2 Å². The Morgan fingerprint density at radius 2 is 1.54 bits per heavy atom. The lowest BCUT2D eigenvalue weighted by atomic mass is 9.98. The molecule has 28 heavy (non-hydrogen) atoms. The zero-order valence-corrected chi connectivity index (χ0v) is 16.8. The van der Waals surface area contributed by atoms with Gasteiger partial charge < -0.3 is 14.8 Å². The summed E-state index contributed by atoms with van der Waals surface area (Å²) in [4.78, 5) is 24.5. The van der Waals surface area contributed by atoms with Crippen molar-refractivity contribution >= 4 is 12.1 Å². The maximum Gasteiger partial charge on any atom is 0.407 e. The van der Waals surface area contributed by atoms with Gasteiger partial charge in [-0.15, -0.1) is 0 Å². The number of nitrogens with one attached hydrogen (secondary N) is 1. The van der Waals surface area contributed by atoms with Gasteiger partial charge in [-0.3, -0.25) is 0 Å². The molecule has 0 aromatic heterocycles. The Labute approximate surface area is 166 Å². The molecule has 5 heteroatoms. The predicted octanol–water partition coefficient (Wildman–Crippen LogP) is 4.65. The third-order valence-corrected chi connectivity index (χ3v) is 4.74. The van der Waals surface area contributed by atoms with Crippen LogP contribution in [0.2, 0.25) is 0 Å². The fourth-order valence-corrected chi connectivity index (χ4v) is 3.48. The van der Waals surface area contributed by atoms with Gasteiger partial charge in [0.2, 0.25) is 0 Å². The molecule has 0 radical (unpaired) electrons. The number of carbonyl (C=O) groups excluding carboxylic acids is 2. The third kappa shape index (κ3) is 4.35. The normalized spacial score (nSPS) is 14.0. The smallest absolute Gasteiger partial charge is 0.407 e. The van der Waals surface area contributed by atoms with Crippen molar-refractivity contribution < 1.29 is 19.1 Å². The largest absolute Gasteiger partial charge is 0.458 e. The van der Waals surface area contributed by atoms with Crippen molar-refractivity contribution in [2.75, 3.05) is 6.61 Å². The van der Waals surface area contributed by atoms with Gasteiger partial charge in [0.05, 0.1) is 0 Å². The second-order valence-electron chi connectivity index (χ2n) is 7.96. The highest BCUT2D eigenvalue weighted by molar-refractivity contribution is 5.82. The maximum atomic E-state index is 12.3. The molecule has 1 N–H and O–H groups in total. The molecule has 1 amide bonds. The van der Waals surface area contributed by atoms with Crippen LogP contribution in [0.4, 0.5) is 4.79 Å². The van der Waals surface area contributed by atoms with Gasteiger partial charge in [0.15, 0.2) is 0 Å². The summed E-state index contributed by atoms with van der Waals surface area (Å²) in [5, 5.41) is 2.63. The molecule has 2 aromatic carbocycles. The maximum absolute atomic E-state index is 12.3. The number of benzene rings is 2. The lowest BCUT2D eigenvalue weighted by Crippen LogP contribution is -2.44. The minimum Gasteiger partial charge on any atom is -0.458 e. The molecular formula is C23H27NO4. The van der Waals surface area contributed by atoms with E-state index in [1.54, 1.807) is 20.8 Å². The lowest BCUT2D eigenvalue weighted by Gasteiger charge is -2.24. The third-order valence-electron chi connectivity index (χ3n) is 4.74. The second-order valence-corrected chi connectivity index (χ2v) is 7.96. The summed E-state index contributed by atoms with van der Waals surface area (Å²) in [5.41, 5.74) is 4.04. The van der Waals surface area contributed by atoms with Crippen molar-refractivity contribution in [2.24, 2.45) is 0 Å². The molecule has 3 rings (SSSR count). The molecule has 1 aliphatic rings. The van der Waals surface area contributed by atoms with Gasteiger partial charge in [-0.1, -0.05) is 55.5 Å². The number of amides is 1. The first-order valence-electron chi connectivity index (χ1n) is 9.64. The molecule has 0 aliphatic heterocycles. The Morgan fingerprint density at radius 3 is 2.04 bits per heavy atom. The van der Waals surface area contributed by atoms with Crippen LogP contribution >= 0.6 is 0 Å². The van der Waals surface area contributed by atoms with Gasteiger partial charge in [-0.2, -0.15) is 0 Å². The van der Waals surface area contributed by atoms with Crippen molar-refractivity contribution in [3.05, 3.63) is 59.7 Å². The summed E-state index contributed by atoms with van der Waals surface area (Å²) in [7, 11) is 0. The van der Waals surface area contributed by atoms with E-state index in [9.17, 15) is 9.59 Å². The number of rotatable bonds is 5. The van der Waals surface area contributed by atoms with E-state index in [2.05, 4.69) is 29.6 Å². The molecule has 0 heterocycles. The first-order chi connectivity index (χ1) is 13.3. The lowest BCUT2D eigenvalue weighted by molar-refractivity contribution is -0.157. The predicted molar refractivity (Wildman–Crippen MR) is 108 cm³/mol. The molecule has 1 atom stereocenters. The number of carbonyl (C=O) groups is 2. The quantitative estimate of drug-likeness (QED) is 0.766. The highest BCUT2D eigenvalue weighted by Gasteiger charge is 2.30. The van der Waals surface area contributed by atoms with E-state index in [1.807, 2.05) is 31.2 Å². The number of hydrogen-bond acceptors (Lipinski definition) is 4. The summed E-state index contributed by atoms with van der Waals surface area (Å²) in [6.07, 6.45) is -0.182. The van der Waals surface area contributed by atoms with Crippen LogP contribution in [-0.2, 0) is 14.3 Å². The van der Waals surface area contributed by atoms with Gasteiger partial charge in [0.1, 0.15) is 18.2 Å². The van der Waals surface area contributed by atoms with E-state index in [-0.39, 0.29) is 12.5 Å². The van der Waals surface area contributed by atoms with Crippen LogP contribution in [0.5, 0.6) is 0 Å². The highest BCUT2D eigenvalue weighted by atomic mass is 16.6. The van der Waals surface area contributed by atoms with Gasteiger partial charge in [-0.05, 0) is 49.4 Å². The number of esters is 1. The van der Waals surface area contributed by atoms with Crippen LogP contribution in [0, 0.1) is 0 Å². The Bertz CT molecular complexity index is 823. The van der Waals surface area contributed by atoms with Crippen molar-refractivity contribution in [2.45, 2.75) is 51.7 Å². The van der Waals surface area contributed by atoms with Crippen LogP contribution < -0.4 is 5.32 Å². The number of fused-ring (bicyclic) bond motifs is 3. The summed E-state index contributed by atoms with van der Waals surface area (Å²) in [6, 6.07) is 15.6. The van der Waals surface area contributed by atoms with Crippen LogP contribution in [-0.4, -0.2) is 30.3 Å². The van der Waals surface area contributed by atoms with E-state index in [1.165, 1.54) is 11.1 Å². The van der Waals surface area contributed by atoms with Gasteiger partial charge >= 0.3 is 12.1 Å². The fourth-order valence-electron chi connectivity index (χ4n) is 3.48. The van der Waals surface area contributed by atoms with E-state index < -0.39 is 23.7 Å². The van der Waals surface area contributed by atoms with Crippen LogP contribution in [0.3, 0.4) is 0 Å². The van der Waals surface area contributed by atoms with E-state index in [0.29, 0.717) is 6.42 Å². The topological polar surface area (TPSA) is 64.6 Å². The standard InChI is InChI=1S/C23H27NO4/c1-5-20(21(25)28-23(2,3)4)24-22(26)27-14-19-17-12-8-6-10-15(17)16-11-7-9-13-18(16)19/h6-13,19-20H,5,14H2,1-4H3,(H,24,26). The molecule has 0 spiro atoms. The van der Waals surface area contributed by atoms with E-state index >= 15 is 0 Å². The van der Waals surface area contributed by atoms with Gasteiger partial charge in [-0.25, -0.2) is 9.59 Å². The minimum absolute atomic E-state index is 0.0141. The number of alkyl carbamates (subject to hydrolysis) is 1. The van der Waals surface area contributed by atoms with E-state index in [4.69, 9.17) is 9.47 Å². The van der Waals surface area contributed by atoms with Gasteiger partial charge in [0.25, 0.3) is 0 Å². The molecule has 0 bridgehead atoms. The highest BCUT2D eigenvalue weighted by Crippen LogP contribution is 2.44. The van der Waals surface area contributed by atoms with Crippen molar-refractivity contribution in [1.82, 2.24) is 5.32 Å². The van der Waals surface area contributed by atoms with Crippen molar-refractivity contribution in [3.63, 3.8) is 0 Å². The van der Waals surface area contributed by atoms with E-state index in [0.717, 1.165) is 11.1 Å². The fraction of sp³-hybridized carbons (Fsp3) is 0.391. The average molecular weight is 381 g/mol. The minimum atomic E-state index is -0.727. The zero-order chi connectivity index (χ0) is 20.3.